The van der Waals surface area contributed by atoms with Crippen LogP contribution in [0.2, 0.25) is 0 Å². The fraction of sp³-hybridized carbons (Fsp3) is 0.316. The average molecular weight is 312 g/mol. The van der Waals surface area contributed by atoms with Crippen LogP contribution in [0.1, 0.15) is 30.0 Å². The van der Waals surface area contributed by atoms with Crippen molar-refractivity contribution in [3.8, 4) is 0 Å². The number of carbonyl (C=O) groups excluding carboxylic acids is 1. The number of hydrogen-bond acceptors (Lipinski definition) is 2. The van der Waals surface area contributed by atoms with Gasteiger partial charge in [-0.25, -0.2) is 4.39 Å². The van der Waals surface area contributed by atoms with Gasteiger partial charge in [-0.15, -0.1) is 0 Å². The molecule has 0 bridgehead atoms. The first kappa shape index (κ1) is 15.5. The molecule has 1 unspecified atom stereocenters. The van der Waals surface area contributed by atoms with Gasteiger partial charge in [-0.2, -0.15) is 0 Å². The Kier molecular flexibility index (Phi) is 4.60. The van der Waals surface area contributed by atoms with E-state index in [1.54, 1.807) is 12.1 Å². The molecular formula is C19H21FN2O. The number of anilines is 1. The van der Waals surface area contributed by atoms with E-state index in [9.17, 15) is 9.18 Å². The normalized spacial score (nSPS) is 14.2. The monoisotopic (exact) mass is 312 g/mol. The lowest BCUT2D eigenvalue weighted by atomic mass is 10.1. The number of hydrogen-bond donors (Lipinski definition) is 2. The van der Waals surface area contributed by atoms with E-state index in [0.29, 0.717) is 6.54 Å². The minimum atomic E-state index is -0.324. The first-order valence-corrected chi connectivity index (χ1v) is 8.02. The summed E-state index contributed by atoms with van der Waals surface area (Å²) in [4.78, 5) is 12.2. The molecule has 3 nitrogen and oxygen atoms in total. The lowest BCUT2D eigenvalue weighted by Gasteiger charge is -2.16. The van der Waals surface area contributed by atoms with Crippen LogP contribution in [0.15, 0.2) is 42.5 Å². The van der Waals surface area contributed by atoms with Gasteiger partial charge >= 0.3 is 0 Å². The van der Waals surface area contributed by atoms with E-state index < -0.39 is 0 Å². The molecule has 3 rings (SSSR count). The maximum atomic E-state index is 12.9. The average Bonchev–Trinajstić information content (AvgIpc) is 3.01. The van der Waals surface area contributed by atoms with Crippen molar-refractivity contribution in [2.75, 3.05) is 5.32 Å². The van der Waals surface area contributed by atoms with E-state index in [2.05, 4.69) is 22.8 Å². The maximum absolute atomic E-state index is 12.9. The van der Waals surface area contributed by atoms with E-state index in [0.717, 1.165) is 24.1 Å². The van der Waals surface area contributed by atoms with Crippen LogP contribution in [-0.2, 0) is 24.2 Å². The molecule has 0 aromatic heterocycles. The van der Waals surface area contributed by atoms with E-state index >= 15 is 0 Å². The molecule has 1 amide bonds. The van der Waals surface area contributed by atoms with Gasteiger partial charge in [0.05, 0.1) is 0 Å². The van der Waals surface area contributed by atoms with Crippen LogP contribution in [0.3, 0.4) is 0 Å². The Labute approximate surface area is 135 Å². The maximum Gasteiger partial charge on any atom is 0.242 e. The van der Waals surface area contributed by atoms with Gasteiger partial charge in [-0.05, 0) is 67.1 Å². The Morgan fingerprint density at radius 3 is 2.65 bits per heavy atom. The van der Waals surface area contributed by atoms with E-state index in [-0.39, 0.29) is 17.8 Å². The molecule has 0 fully saturated rings. The lowest BCUT2D eigenvalue weighted by Crippen LogP contribution is -2.37. The second kappa shape index (κ2) is 6.82. The molecule has 23 heavy (non-hydrogen) atoms. The molecule has 1 atom stereocenters. The number of amides is 1. The minimum absolute atomic E-state index is 0.0742. The molecule has 2 aromatic rings. The van der Waals surface area contributed by atoms with Gasteiger partial charge in [-0.3, -0.25) is 4.79 Å². The predicted molar refractivity (Wildman–Crippen MR) is 89.8 cm³/mol. The summed E-state index contributed by atoms with van der Waals surface area (Å²) in [6.45, 7) is 2.24. The lowest BCUT2D eigenvalue weighted by molar-refractivity contribution is -0.121. The SMILES string of the molecule is CC(Nc1ccc2c(c1)CCC2)C(=O)NCc1ccc(F)cc1. The highest BCUT2D eigenvalue weighted by atomic mass is 19.1. The Hall–Kier alpha value is -2.36. The Bertz CT molecular complexity index is 697. The molecular weight excluding hydrogens is 291 g/mol. The molecule has 0 radical (unpaired) electrons. The van der Waals surface area contributed by atoms with Crippen molar-refractivity contribution in [1.82, 2.24) is 5.32 Å². The van der Waals surface area contributed by atoms with Crippen LogP contribution >= 0.6 is 0 Å². The summed E-state index contributed by atoms with van der Waals surface area (Å²) >= 11 is 0. The second-order valence-corrected chi connectivity index (χ2v) is 6.05. The number of halogens is 1. The summed E-state index contributed by atoms with van der Waals surface area (Å²) in [5, 5.41) is 6.11. The third-order valence-corrected chi connectivity index (χ3v) is 4.25. The van der Waals surface area contributed by atoms with E-state index in [1.165, 1.54) is 29.7 Å². The molecule has 2 N–H and O–H groups in total. The Morgan fingerprint density at radius 1 is 1.13 bits per heavy atom. The quantitative estimate of drug-likeness (QED) is 0.888. The number of benzene rings is 2. The van der Waals surface area contributed by atoms with E-state index in [4.69, 9.17) is 0 Å². The highest BCUT2D eigenvalue weighted by Gasteiger charge is 2.15. The zero-order valence-corrected chi connectivity index (χ0v) is 13.2. The van der Waals surface area contributed by atoms with Gasteiger partial charge in [0, 0.05) is 12.2 Å². The fourth-order valence-electron chi connectivity index (χ4n) is 2.92. The zero-order chi connectivity index (χ0) is 16.2. The van der Waals surface area contributed by atoms with Gasteiger partial charge in [0.25, 0.3) is 0 Å². The summed E-state index contributed by atoms with van der Waals surface area (Å²) in [6.07, 6.45) is 3.49. The van der Waals surface area contributed by atoms with Crippen LogP contribution in [0.5, 0.6) is 0 Å². The Balaban J connectivity index is 1.54. The molecule has 4 heteroatoms. The molecule has 0 heterocycles. The number of rotatable bonds is 5. The molecule has 1 aliphatic rings. The van der Waals surface area contributed by atoms with Crippen LogP contribution < -0.4 is 10.6 Å². The standard InChI is InChI=1S/C19H21FN2O/c1-13(19(23)21-12-14-5-8-17(20)9-6-14)22-18-10-7-15-3-2-4-16(15)11-18/h5-11,13,22H,2-4,12H2,1H3,(H,21,23). The van der Waals surface area contributed by atoms with Gasteiger partial charge < -0.3 is 10.6 Å². The van der Waals surface area contributed by atoms with Crippen LogP contribution in [0.25, 0.3) is 0 Å². The molecule has 120 valence electrons. The highest BCUT2D eigenvalue weighted by Crippen LogP contribution is 2.25. The summed E-state index contributed by atoms with van der Waals surface area (Å²) in [6, 6.07) is 12.1. The highest BCUT2D eigenvalue weighted by molar-refractivity contribution is 5.84. The summed E-state index contributed by atoms with van der Waals surface area (Å²) in [5.41, 5.74) is 4.66. The van der Waals surface area contributed by atoms with Crippen molar-refractivity contribution >= 4 is 11.6 Å². The van der Waals surface area contributed by atoms with Crippen molar-refractivity contribution in [2.45, 2.75) is 38.8 Å². The number of fused-ring (bicyclic) bond motifs is 1. The third-order valence-electron chi connectivity index (χ3n) is 4.25. The first-order chi connectivity index (χ1) is 11.1. The van der Waals surface area contributed by atoms with E-state index in [1.807, 2.05) is 13.0 Å². The zero-order valence-electron chi connectivity index (χ0n) is 13.2. The molecule has 0 aliphatic heterocycles. The van der Waals surface area contributed by atoms with Crippen LogP contribution in [0.4, 0.5) is 10.1 Å². The van der Waals surface area contributed by atoms with Crippen molar-refractivity contribution in [3.05, 3.63) is 65.0 Å². The van der Waals surface area contributed by atoms with Crippen molar-refractivity contribution in [1.29, 1.82) is 0 Å². The first-order valence-electron chi connectivity index (χ1n) is 8.02. The number of nitrogens with one attached hydrogen (secondary N) is 2. The van der Waals surface area contributed by atoms with Crippen molar-refractivity contribution in [3.63, 3.8) is 0 Å². The van der Waals surface area contributed by atoms with Crippen LogP contribution in [-0.4, -0.2) is 11.9 Å². The molecule has 0 spiro atoms. The summed E-state index contributed by atoms with van der Waals surface area (Å²) < 4.78 is 12.9. The number of carbonyl (C=O) groups is 1. The van der Waals surface area contributed by atoms with Gasteiger partial charge in [0.1, 0.15) is 11.9 Å². The van der Waals surface area contributed by atoms with Crippen LogP contribution in [0, 0.1) is 5.82 Å². The van der Waals surface area contributed by atoms with Gasteiger partial charge in [0.2, 0.25) is 5.91 Å². The fourth-order valence-corrected chi connectivity index (χ4v) is 2.92. The largest absolute Gasteiger partial charge is 0.374 e. The van der Waals surface area contributed by atoms with Gasteiger partial charge in [-0.1, -0.05) is 18.2 Å². The molecule has 2 aromatic carbocycles. The van der Waals surface area contributed by atoms with Crippen molar-refractivity contribution < 1.29 is 9.18 Å². The van der Waals surface area contributed by atoms with Gasteiger partial charge in [0.15, 0.2) is 0 Å². The molecule has 0 saturated carbocycles. The molecule has 0 saturated heterocycles. The van der Waals surface area contributed by atoms with Crippen molar-refractivity contribution in [2.24, 2.45) is 0 Å². The second-order valence-electron chi connectivity index (χ2n) is 6.05. The number of aryl methyl sites for hydroxylation is 2. The third kappa shape index (κ3) is 3.89. The summed E-state index contributed by atoms with van der Waals surface area (Å²) in [7, 11) is 0. The summed E-state index contributed by atoms with van der Waals surface area (Å²) in [5.74, 6) is -0.346. The topological polar surface area (TPSA) is 41.1 Å². The Morgan fingerprint density at radius 2 is 1.87 bits per heavy atom. The minimum Gasteiger partial charge on any atom is -0.374 e. The molecule has 1 aliphatic carbocycles. The predicted octanol–water partition coefficient (Wildman–Crippen LogP) is 3.43. The smallest absolute Gasteiger partial charge is 0.242 e.